The molecule has 0 aromatic heterocycles. The molecule has 2 aromatic carbocycles. The first-order chi connectivity index (χ1) is 9.29. The average Bonchev–Trinajstić information content (AvgIpc) is 2.37. The van der Waals surface area contributed by atoms with Gasteiger partial charge in [-0.1, -0.05) is 47.5 Å². The average molecular weight is 309 g/mol. The molecule has 0 aliphatic carbocycles. The van der Waals surface area contributed by atoms with Crippen molar-refractivity contribution in [3.63, 3.8) is 0 Å². The third-order valence-electron chi connectivity index (χ3n) is 3.55. The first-order valence-electron chi connectivity index (χ1n) is 6.53. The van der Waals surface area contributed by atoms with Crippen molar-refractivity contribution in [2.75, 3.05) is 0 Å². The van der Waals surface area contributed by atoms with Gasteiger partial charge in [0, 0.05) is 16.5 Å². The smallest absolute Gasteiger partial charge is 0.0908 e. The Morgan fingerprint density at radius 1 is 0.950 bits per heavy atom. The van der Waals surface area contributed by atoms with Gasteiger partial charge < -0.3 is 5.11 Å². The lowest BCUT2D eigenvalue weighted by Gasteiger charge is -2.25. The van der Waals surface area contributed by atoms with Gasteiger partial charge in [-0.3, -0.25) is 0 Å². The lowest BCUT2D eigenvalue weighted by atomic mass is 9.88. The third-order valence-corrected chi connectivity index (χ3v) is 4.40. The van der Waals surface area contributed by atoms with E-state index in [2.05, 4.69) is 0 Å². The van der Waals surface area contributed by atoms with Gasteiger partial charge in [-0.2, -0.15) is 0 Å². The Hall–Kier alpha value is -1.02. The maximum absolute atomic E-state index is 10.7. The molecule has 0 fully saturated rings. The van der Waals surface area contributed by atoms with Crippen LogP contribution in [-0.2, 0) is 12.0 Å². The monoisotopic (exact) mass is 308 g/mol. The van der Waals surface area contributed by atoms with Gasteiger partial charge in [-0.05, 0) is 55.2 Å². The molecule has 0 aliphatic heterocycles. The van der Waals surface area contributed by atoms with Crippen LogP contribution in [0.5, 0.6) is 0 Å². The van der Waals surface area contributed by atoms with Gasteiger partial charge in [0.2, 0.25) is 0 Å². The van der Waals surface area contributed by atoms with E-state index in [0.717, 1.165) is 27.3 Å². The highest BCUT2D eigenvalue weighted by atomic mass is 35.5. The Labute approximate surface area is 130 Å². The summed E-state index contributed by atoms with van der Waals surface area (Å²) in [4.78, 5) is 0. The highest BCUT2D eigenvalue weighted by Gasteiger charge is 2.24. The molecule has 0 amide bonds. The lowest BCUT2D eigenvalue weighted by Crippen LogP contribution is -2.24. The van der Waals surface area contributed by atoms with Crippen LogP contribution in [0.1, 0.15) is 29.2 Å². The van der Waals surface area contributed by atoms with Gasteiger partial charge in [-0.25, -0.2) is 0 Å². The maximum Gasteiger partial charge on any atom is 0.0908 e. The SMILES string of the molecule is Cc1cc(CC(C)(O)c2ccc(Cl)c(C)c2)ccc1Cl. The van der Waals surface area contributed by atoms with Crippen molar-refractivity contribution >= 4 is 23.2 Å². The predicted octanol–water partition coefficient (Wildman–Crippen LogP) is 5.06. The molecule has 0 bridgehead atoms. The fourth-order valence-corrected chi connectivity index (χ4v) is 2.53. The molecule has 0 saturated carbocycles. The second-order valence-electron chi connectivity index (χ2n) is 5.50. The van der Waals surface area contributed by atoms with E-state index in [1.54, 1.807) is 0 Å². The first-order valence-corrected chi connectivity index (χ1v) is 7.29. The molecule has 106 valence electrons. The lowest BCUT2D eigenvalue weighted by molar-refractivity contribution is 0.0575. The van der Waals surface area contributed by atoms with E-state index in [1.807, 2.05) is 57.2 Å². The molecule has 20 heavy (non-hydrogen) atoms. The van der Waals surface area contributed by atoms with Crippen molar-refractivity contribution in [1.29, 1.82) is 0 Å². The summed E-state index contributed by atoms with van der Waals surface area (Å²) in [5, 5.41) is 12.2. The molecule has 0 saturated heterocycles. The van der Waals surface area contributed by atoms with E-state index in [0.29, 0.717) is 11.4 Å². The van der Waals surface area contributed by atoms with Crippen molar-refractivity contribution in [2.45, 2.75) is 32.8 Å². The van der Waals surface area contributed by atoms with E-state index in [-0.39, 0.29) is 0 Å². The number of halogens is 2. The van der Waals surface area contributed by atoms with Crippen LogP contribution in [-0.4, -0.2) is 5.11 Å². The molecule has 0 radical (unpaired) electrons. The number of aryl methyl sites for hydroxylation is 2. The van der Waals surface area contributed by atoms with E-state index in [1.165, 1.54) is 0 Å². The zero-order chi connectivity index (χ0) is 14.9. The molecule has 0 aliphatic rings. The van der Waals surface area contributed by atoms with Crippen molar-refractivity contribution in [1.82, 2.24) is 0 Å². The Morgan fingerprint density at radius 3 is 2.05 bits per heavy atom. The Balaban J connectivity index is 2.29. The quantitative estimate of drug-likeness (QED) is 0.840. The summed E-state index contributed by atoms with van der Waals surface area (Å²) in [7, 11) is 0. The fourth-order valence-electron chi connectivity index (χ4n) is 2.30. The second-order valence-corrected chi connectivity index (χ2v) is 6.31. The van der Waals surface area contributed by atoms with Crippen LogP contribution in [0.4, 0.5) is 0 Å². The summed E-state index contributed by atoms with van der Waals surface area (Å²) in [6, 6.07) is 11.5. The minimum absolute atomic E-state index is 0.534. The minimum atomic E-state index is -0.935. The summed E-state index contributed by atoms with van der Waals surface area (Å²) in [6.45, 7) is 5.72. The Bertz CT molecular complexity index is 633. The summed E-state index contributed by atoms with van der Waals surface area (Å²) in [5.74, 6) is 0. The van der Waals surface area contributed by atoms with E-state index >= 15 is 0 Å². The van der Waals surface area contributed by atoms with Crippen molar-refractivity contribution in [3.05, 3.63) is 68.7 Å². The van der Waals surface area contributed by atoms with Crippen molar-refractivity contribution in [2.24, 2.45) is 0 Å². The van der Waals surface area contributed by atoms with Crippen molar-refractivity contribution in [3.8, 4) is 0 Å². The van der Waals surface area contributed by atoms with Crippen LogP contribution in [0.2, 0.25) is 10.0 Å². The molecule has 1 unspecified atom stereocenters. The topological polar surface area (TPSA) is 20.2 Å². The predicted molar refractivity (Wildman–Crippen MR) is 85.7 cm³/mol. The summed E-state index contributed by atoms with van der Waals surface area (Å²) in [5.41, 5.74) is 2.98. The number of hydrogen-bond donors (Lipinski definition) is 1. The zero-order valence-corrected chi connectivity index (χ0v) is 13.4. The maximum atomic E-state index is 10.7. The standard InChI is InChI=1S/C17H18Cl2O/c1-11-8-13(4-6-15(11)18)10-17(3,20)14-5-7-16(19)12(2)9-14/h4-9,20H,10H2,1-3H3. The molecular weight excluding hydrogens is 291 g/mol. The van der Waals surface area contributed by atoms with Crippen LogP contribution < -0.4 is 0 Å². The molecular formula is C17H18Cl2O. The fraction of sp³-hybridized carbons (Fsp3) is 0.294. The molecule has 3 heteroatoms. The summed E-state index contributed by atoms with van der Waals surface area (Å²) < 4.78 is 0. The molecule has 1 nitrogen and oxygen atoms in total. The minimum Gasteiger partial charge on any atom is -0.385 e. The molecule has 2 rings (SSSR count). The van der Waals surface area contributed by atoms with Crippen LogP contribution in [0.15, 0.2) is 36.4 Å². The number of benzene rings is 2. The van der Waals surface area contributed by atoms with Gasteiger partial charge in [0.25, 0.3) is 0 Å². The van der Waals surface area contributed by atoms with Gasteiger partial charge in [0.05, 0.1) is 5.60 Å². The normalized spacial score (nSPS) is 14.1. The third kappa shape index (κ3) is 3.35. The Morgan fingerprint density at radius 2 is 1.50 bits per heavy atom. The van der Waals surface area contributed by atoms with Crippen LogP contribution in [0.3, 0.4) is 0 Å². The van der Waals surface area contributed by atoms with Crippen LogP contribution in [0.25, 0.3) is 0 Å². The number of hydrogen-bond acceptors (Lipinski definition) is 1. The molecule has 0 spiro atoms. The van der Waals surface area contributed by atoms with Gasteiger partial charge in [0.1, 0.15) is 0 Å². The molecule has 1 N–H and O–H groups in total. The van der Waals surface area contributed by atoms with E-state index in [9.17, 15) is 5.11 Å². The van der Waals surface area contributed by atoms with Gasteiger partial charge in [-0.15, -0.1) is 0 Å². The highest BCUT2D eigenvalue weighted by Crippen LogP contribution is 2.29. The van der Waals surface area contributed by atoms with Crippen LogP contribution >= 0.6 is 23.2 Å². The zero-order valence-electron chi connectivity index (χ0n) is 11.9. The number of aliphatic hydroxyl groups is 1. The Kier molecular flexibility index (Phi) is 4.43. The summed E-state index contributed by atoms with van der Waals surface area (Å²) >= 11 is 12.1. The largest absolute Gasteiger partial charge is 0.385 e. The first kappa shape index (κ1) is 15.4. The summed E-state index contributed by atoms with van der Waals surface area (Å²) in [6.07, 6.45) is 0.534. The van der Waals surface area contributed by atoms with Gasteiger partial charge in [0.15, 0.2) is 0 Å². The van der Waals surface area contributed by atoms with Gasteiger partial charge >= 0.3 is 0 Å². The van der Waals surface area contributed by atoms with E-state index in [4.69, 9.17) is 23.2 Å². The number of rotatable bonds is 3. The van der Waals surface area contributed by atoms with E-state index < -0.39 is 5.60 Å². The second kappa shape index (κ2) is 5.77. The molecule has 0 heterocycles. The molecule has 2 aromatic rings. The highest BCUT2D eigenvalue weighted by molar-refractivity contribution is 6.31. The molecule has 1 atom stereocenters. The van der Waals surface area contributed by atoms with Crippen molar-refractivity contribution < 1.29 is 5.11 Å². The van der Waals surface area contributed by atoms with Crippen LogP contribution in [0, 0.1) is 13.8 Å².